The molecule has 6 heteroatoms. The van der Waals surface area contributed by atoms with Crippen LogP contribution in [0, 0.1) is 0 Å². The molecule has 0 saturated heterocycles. The molecule has 0 unspecified atom stereocenters. The normalized spacial score (nSPS) is 14.7. The van der Waals surface area contributed by atoms with Crippen molar-refractivity contribution < 1.29 is 18.0 Å². The van der Waals surface area contributed by atoms with Crippen molar-refractivity contribution in [3.8, 4) is 0 Å². The molecule has 0 bridgehead atoms. The Hall–Kier alpha value is -2.47. The van der Waals surface area contributed by atoms with Crippen LogP contribution in [0.25, 0.3) is 0 Å². The van der Waals surface area contributed by atoms with Crippen molar-refractivity contribution in [2.24, 2.45) is 0 Å². The summed E-state index contributed by atoms with van der Waals surface area (Å²) >= 11 is 0. The fourth-order valence-corrected chi connectivity index (χ4v) is 4.55. The molecule has 124 valence electrons. The number of hydrogen-bond donors (Lipinski definition) is 0. The van der Waals surface area contributed by atoms with Gasteiger partial charge in [0.1, 0.15) is 0 Å². The zero-order chi connectivity index (χ0) is 17.5. The quantitative estimate of drug-likeness (QED) is 0.733. The molecule has 0 atom stereocenters. The van der Waals surface area contributed by atoms with Gasteiger partial charge in [0.2, 0.25) is 9.84 Å². The summed E-state index contributed by atoms with van der Waals surface area (Å²) in [7, 11) is -2.15. The largest absolute Gasteiger partial charge is 0.342 e. The van der Waals surface area contributed by atoms with Gasteiger partial charge in [-0.05, 0) is 36.8 Å². The molecule has 1 amide bonds. The van der Waals surface area contributed by atoms with Gasteiger partial charge in [-0.1, -0.05) is 19.1 Å². The fourth-order valence-electron chi connectivity index (χ4n) is 2.87. The summed E-state index contributed by atoms with van der Waals surface area (Å²) in [6.45, 7) is 2.53. The monoisotopic (exact) mass is 343 g/mol. The van der Waals surface area contributed by atoms with Gasteiger partial charge in [0.15, 0.2) is 5.78 Å². The third kappa shape index (κ3) is 2.43. The van der Waals surface area contributed by atoms with Crippen LogP contribution in [-0.4, -0.2) is 38.6 Å². The van der Waals surface area contributed by atoms with Crippen molar-refractivity contribution in [1.82, 2.24) is 4.90 Å². The van der Waals surface area contributed by atoms with Crippen LogP contribution in [0.3, 0.4) is 0 Å². The summed E-state index contributed by atoms with van der Waals surface area (Å²) in [6, 6.07) is 10.4. The van der Waals surface area contributed by atoms with E-state index in [1.807, 2.05) is 6.92 Å². The number of ketones is 1. The molecule has 0 aromatic heterocycles. The zero-order valence-corrected chi connectivity index (χ0v) is 14.3. The van der Waals surface area contributed by atoms with E-state index >= 15 is 0 Å². The minimum Gasteiger partial charge on any atom is -0.342 e. The average molecular weight is 343 g/mol. The Labute approximate surface area is 140 Å². The maximum absolute atomic E-state index is 12.8. The summed E-state index contributed by atoms with van der Waals surface area (Å²) in [4.78, 5) is 26.4. The van der Waals surface area contributed by atoms with Gasteiger partial charge >= 0.3 is 0 Å². The second-order valence-electron chi connectivity index (χ2n) is 5.77. The van der Waals surface area contributed by atoms with Crippen LogP contribution >= 0.6 is 0 Å². The molecule has 0 fully saturated rings. The Morgan fingerprint density at radius 3 is 2.42 bits per heavy atom. The Morgan fingerprint density at radius 2 is 1.71 bits per heavy atom. The number of carbonyl (C=O) groups is 2. The second kappa shape index (κ2) is 5.87. The standard InChI is InChI=1S/C18H17NO4S/c1-3-10-19(2)18(21)12-8-9-14-16(11-12)24(22,23)15-7-5-4-6-13(15)17(14)20/h4-9,11H,3,10H2,1-2H3. The lowest BCUT2D eigenvalue weighted by Crippen LogP contribution is -2.28. The molecular weight excluding hydrogens is 326 g/mol. The number of carbonyl (C=O) groups excluding carboxylic acids is 2. The molecule has 0 spiro atoms. The minimum absolute atomic E-state index is 0.00554. The molecule has 0 N–H and O–H groups in total. The van der Waals surface area contributed by atoms with E-state index in [0.717, 1.165) is 6.42 Å². The summed E-state index contributed by atoms with van der Waals surface area (Å²) < 4.78 is 25.7. The highest BCUT2D eigenvalue weighted by Crippen LogP contribution is 2.34. The number of amides is 1. The Kier molecular flexibility index (Phi) is 4.01. The van der Waals surface area contributed by atoms with Gasteiger partial charge in [-0.2, -0.15) is 0 Å². The zero-order valence-electron chi connectivity index (χ0n) is 13.4. The SMILES string of the molecule is CCCN(C)C(=O)c1ccc2c(c1)S(=O)(=O)c1ccccc1C2=O. The van der Waals surface area contributed by atoms with E-state index < -0.39 is 9.84 Å². The van der Waals surface area contributed by atoms with Gasteiger partial charge < -0.3 is 4.90 Å². The molecular formula is C18H17NO4S. The lowest BCUT2D eigenvalue weighted by molar-refractivity contribution is 0.0794. The number of rotatable bonds is 3. The third-order valence-corrected chi connectivity index (χ3v) is 5.94. The maximum atomic E-state index is 12.8. The minimum atomic E-state index is -3.82. The van der Waals surface area contributed by atoms with E-state index in [2.05, 4.69) is 0 Å². The average Bonchev–Trinajstić information content (AvgIpc) is 2.59. The van der Waals surface area contributed by atoms with Crippen LogP contribution in [0.4, 0.5) is 0 Å². The fraction of sp³-hybridized carbons (Fsp3) is 0.222. The molecule has 0 aliphatic carbocycles. The maximum Gasteiger partial charge on any atom is 0.253 e. The third-order valence-electron chi connectivity index (χ3n) is 4.09. The predicted octanol–water partition coefficient (Wildman–Crippen LogP) is 2.55. The molecule has 3 rings (SSSR count). The van der Waals surface area contributed by atoms with E-state index in [1.165, 1.54) is 35.2 Å². The molecule has 2 aromatic rings. The van der Waals surface area contributed by atoms with Gasteiger partial charge in [-0.15, -0.1) is 0 Å². The van der Waals surface area contributed by atoms with Gasteiger partial charge in [0.25, 0.3) is 5.91 Å². The summed E-state index contributed by atoms with van der Waals surface area (Å²) in [5.41, 5.74) is 0.552. The van der Waals surface area contributed by atoms with E-state index in [0.29, 0.717) is 6.54 Å². The molecule has 1 aliphatic heterocycles. The molecule has 1 heterocycles. The van der Waals surface area contributed by atoms with E-state index in [4.69, 9.17) is 0 Å². The van der Waals surface area contributed by atoms with Crippen molar-refractivity contribution in [2.75, 3.05) is 13.6 Å². The van der Waals surface area contributed by atoms with Crippen molar-refractivity contribution in [3.63, 3.8) is 0 Å². The topological polar surface area (TPSA) is 71.5 Å². The molecule has 2 aromatic carbocycles. The van der Waals surface area contributed by atoms with E-state index in [-0.39, 0.29) is 38.2 Å². The van der Waals surface area contributed by atoms with Crippen LogP contribution in [0.1, 0.15) is 39.6 Å². The number of fused-ring (bicyclic) bond motifs is 2. The van der Waals surface area contributed by atoms with Crippen LogP contribution in [0.15, 0.2) is 52.3 Å². The Bertz CT molecular complexity index is 947. The number of sulfone groups is 1. The van der Waals surface area contributed by atoms with E-state index in [9.17, 15) is 18.0 Å². The lowest BCUT2D eigenvalue weighted by Gasteiger charge is -2.21. The highest BCUT2D eigenvalue weighted by molar-refractivity contribution is 7.91. The number of hydrogen-bond acceptors (Lipinski definition) is 4. The second-order valence-corrected chi connectivity index (χ2v) is 7.65. The van der Waals surface area contributed by atoms with Gasteiger partial charge in [0, 0.05) is 30.3 Å². The molecule has 24 heavy (non-hydrogen) atoms. The smallest absolute Gasteiger partial charge is 0.253 e. The summed E-state index contributed by atoms with van der Waals surface area (Å²) in [5.74, 6) is -0.600. The summed E-state index contributed by atoms with van der Waals surface area (Å²) in [6.07, 6.45) is 0.803. The van der Waals surface area contributed by atoms with Crippen LogP contribution < -0.4 is 0 Å². The molecule has 5 nitrogen and oxygen atoms in total. The first kappa shape index (κ1) is 16.4. The van der Waals surface area contributed by atoms with Crippen molar-refractivity contribution in [1.29, 1.82) is 0 Å². The van der Waals surface area contributed by atoms with Gasteiger partial charge in [-0.3, -0.25) is 9.59 Å². The first-order valence-electron chi connectivity index (χ1n) is 7.66. The van der Waals surface area contributed by atoms with Crippen LogP contribution in [-0.2, 0) is 9.84 Å². The highest BCUT2D eigenvalue weighted by Gasteiger charge is 2.35. The Morgan fingerprint density at radius 1 is 1.04 bits per heavy atom. The number of benzene rings is 2. The van der Waals surface area contributed by atoms with Gasteiger partial charge in [-0.25, -0.2) is 8.42 Å². The van der Waals surface area contributed by atoms with Gasteiger partial charge in [0.05, 0.1) is 9.79 Å². The van der Waals surface area contributed by atoms with Crippen LogP contribution in [0.2, 0.25) is 0 Å². The molecule has 1 aliphatic rings. The van der Waals surface area contributed by atoms with Crippen molar-refractivity contribution >= 4 is 21.5 Å². The first-order chi connectivity index (χ1) is 11.4. The highest BCUT2D eigenvalue weighted by atomic mass is 32.2. The van der Waals surface area contributed by atoms with E-state index in [1.54, 1.807) is 19.2 Å². The first-order valence-corrected chi connectivity index (χ1v) is 9.14. The molecule has 0 radical (unpaired) electrons. The predicted molar refractivity (Wildman–Crippen MR) is 89.0 cm³/mol. The number of nitrogens with zero attached hydrogens (tertiary/aromatic N) is 1. The Balaban J connectivity index is 2.15. The van der Waals surface area contributed by atoms with Crippen molar-refractivity contribution in [2.45, 2.75) is 23.1 Å². The van der Waals surface area contributed by atoms with Crippen molar-refractivity contribution in [3.05, 3.63) is 59.2 Å². The molecule has 0 saturated carbocycles. The van der Waals surface area contributed by atoms with Crippen LogP contribution in [0.5, 0.6) is 0 Å². The summed E-state index contributed by atoms with van der Waals surface area (Å²) in [5, 5.41) is 0. The lowest BCUT2D eigenvalue weighted by atomic mass is 10.0.